The third-order valence-electron chi connectivity index (χ3n) is 4.57. The summed E-state index contributed by atoms with van der Waals surface area (Å²) in [4.78, 5) is 24.4. The summed E-state index contributed by atoms with van der Waals surface area (Å²) in [7, 11) is 0. The summed E-state index contributed by atoms with van der Waals surface area (Å²) in [6, 6.07) is 14.1. The number of imidazole rings is 1. The molecule has 0 saturated carbocycles. The molecule has 29 heavy (non-hydrogen) atoms. The third-order valence-corrected chi connectivity index (χ3v) is 4.57. The molecule has 0 bridgehead atoms. The highest BCUT2D eigenvalue weighted by molar-refractivity contribution is 5.89. The van der Waals surface area contributed by atoms with Crippen LogP contribution in [0, 0.1) is 0 Å². The van der Waals surface area contributed by atoms with E-state index in [2.05, 4.69) is 0 Å². The second-order valence-corrected chi connectivity index (χ2v) is 6.74. The number of nitrogens with zero attached hydrogens (tertiary/aromatic N) is 2. The number of carbonyl (C=O) groups excluding carboxylic acids is 1. The van der Waals surface area contributed by atoms with Crippen molar-refractivity contribution < 1.29 is 19.4 Å². The fourth-order valence-corrected chi connectivity index (χ4v) is 3.25. The van der Waals surface area contributed by atoms with E-state index < -0.39 is 6.10 Å². The molecular weight excluding hydrogens is 372 g/mol. The Morgan fingerprint density at radius 3 is 2.31 bits per heavy atom. The fourth-order valence-electron chi connectivity index (χ4n) is 3.25. The smallest absolute Gasteiger partial charge is 0.338 e. The molecule has 7 nitrogen and oxygen atoms in total. The van der Waals surface area contributed by atoms with Crippen LogP contribution in [0.25, 0.3) is 11.0 Å². The highest BCUT2D eigenvalue weighted by atomic mass is 16.5. The molecule has 1 atom stereocenters. The number of ether oxygens (including phenoxy) is 2. The molecular formula is C22H26N2O5. The largest absolute Gasteiger partial charge is 0.491 e. The number of aliphatic hydroxyl groups excluding tert-OH is 1. The average Bonchev–Trinajstić information content (AvgIpc) is 2.99. The standard InChI is InChI=1S/C22H26N2O5/c1-3-13-23-19-7-5-6-8-20(19)24(22(23)27)14-17(25)15-29-18-11-9-16(10-12-18)21(26)28-4-2/h5-12,17,25H,3-4,13-15H2,1-2H3/t17-/m1/s1. The summed E-state index contributed by atoms with van der Waals surface area (Å²) in [5.41, 5.74) is 1.96. The maximum absolute atomic E-state index is 12.8. The minimum absolute atomic E-state index is 0.0263. The zero-order valence-corrected chi connectivity index (χ0v) is 16.7. The number of para-hydroxylation sites is 2. The van der Waals surface area contributed by atoms with Gasteiger partial charge in [-0.2, -0.15) is 0 Å². The first-order chi connectivity index (χ1) is 14.0. The van der Waals surface area contributed by atoms with E-state index >= 15 is 0 Å². The van der Waals surface area contributed by atoms with E-state index in [1.807, 2.05) is 31.2 Å². The van der Waals surface area contributed by atoms with Gasteiger partial charge in [0.25, 0.3) is 0 Å². The highest BCUT2D eigenvalue weighted by Gasteiger charge is 2.16. The van der Waals surface area contributed by atoms with Gasteiger partial charge in [-0.15, -0.1) is 0 Å². The average molecular weight is 398 g/mol. The number of benzene rings is 2. The lowest BCUT2D eigenvalue weighted by Gasteiger charge is -2.13. The normalized spacial score (nSPS) is 12.1. The molecule has 0 fully saturated rings. The van der Waals surface area contributed by atoms with E-state index in [1.165, 1.54) is 0 Å². The van der Waals surface area contributed by atoms with E-state index in [9.17, 15) is 14.7 Å². The lowest BCUT2D eigenvalue weighted by atomic mass is 10.2. The fraction of sp³-hybridized carbons (Fsp3) is 0.364. The molecule has 1 N–H and O–H groups in total. The van der Waals surface area contributed by atoms with Crippen molar-refractivity contribution in [3.05, 3.63) is 64.6 Å². The van der Waals surface area contributed by atoms with Gasteiger partial charge >= 0.3 is 11.7 Å². The van der Waals surface area contributed by atoms with E-state index in [0.29, 0.717) is 24.5 Å². The van der Waals surface area contributed by atoms with Crippen molar-refractivity contribution >= 4 is 17.0 Å². The minimum atomic E-state index is -0.863. The molecule has 3 aromatic rings. The van der Waals surface area contributed by atoms with Gasteiger partial charge in [0.15, 0.2) is 0 Å². The monoisotopic (exact) mass is 398 g/mol. The molecule has 0 unspecified atom stereocenters. The Bertz CT molecular complexity index is 1020. The van der Waals surface area contributed by atoms with Crippen molar-refractivity contribution in [1.29, 1.82) is 0 Å². The molecule has 2 aromatic carbocycles. The van der Waals surface area contributed by atoms with Crippen molar-refractivity contribution in [2.24, 2.45) is 0 Å². The predicted molar refractivity (Wildman–Crippen MR) is 110 cm³/mol. The van der Waals surface area contributed by atoms with E-state index in [-0.39, 0.29) is 24.8 Å². The van der Waals surface area contributed by atoms with Crippen LogP contribution in [0.15, 0.2) is 53.3 Å². The summed E-state index contributed by atoms with van der Waals surface area (Å²) in [6.45, 7) is 4.88. The number of aliphatic hydroxyl groups is 1. The summed E-state index contributed by atoms with van der Waals surface area (Å²) < 4.78 is 13.9. The lowest BCUT2D eigenvalue weighted by molar-refractivity contribution is 0.0526. The Morgan fingerprint density at radius 1 is 1.03 bits per heavy atom. The maximum atomic E-state index is 12.8. The number of esters is 1. The molecule has 0 amide bonds. The first kappa shape index (κ1) is 20.7. The molecule has 0 aliphatic carbocycles. The number of hydrogen-bond acceptors (Lipinski definition) is 5. The van der Waals surface area contributed by atoms with Crippen LogP contribution < -0.4 is 10.4 Å². The number of carbonyl (C=O) groups is 1. The summed E-state index contributed by atoms with van der Waals surface area (Å²) >= 11 is 0. The van der Waals surface area contributed by atoms with Crippen molar-refractivity contribution in [2.75, 3.05) is 13.2 Å². The molecule has 0 aliphatic rings. The summed E-state index contributed by atoms with van der Waals surface area (Å²) in [6.07, 6.45) is -0.0141. The van der Waals surface area contributed by atoms with Gasteiger partial charge in [0.1, 0.15) is 18.5 Å². The zero-order valence-electron chi connectivity index (χ0n) is 16.7. The van der Waals surface area contributed by atoms with Gasteiger partial charge in [-0.3, -0.25) is 9.13 Å². The van der Waals surface area contributed by atoms with Crippen molar-refractivity contribution in [1.82, 2.24) is 9.13 Å². The van der Waals surface area contributed by atoms with Gasteiger partial charge in [0.2, 0.25) is 0 Å². The molecule has 1 heterocycles. The quantitative estimate of drug-likeness (QED) is 0.561. The zero-order chi connectivity index (χ0) is 20.8. The number of rotatable bonds is 9. The second-order valence-electron chi connectivity index (χ2n) is 6.74. The molecule has 0 spiro atoms. The molecule has 7 heteroatoms. The van der Waals surface area contributed by atoms with Gasteiger partial charge in [-0.05, 0) is 49.7 Å². The van der Waals surface area contributed by atoms with Crippen LogP contribution in [-0.4, -0.2) is 39.5 Å². The van der Waals surface area contributed by atoms with Gasteiger partial charge in [0.05, 0.1) is 29.7 Å². The molecule has 0 saturated heterocycles. The molecule has 0 radical (unpaired) electrons. The molecule has 154 valence electrons. The van der Waals surface area contributed by atoms with Crippen LogP contribution in [0.5, 0.6) is 5.75 Å². The van der Waals surface area contributed by atoms with Crippen LogP contribution in [0.2, 0.25) is 0 Å². The predicted octanol–water partition coefficient (Wildman–Crippen LogP) is 2.83. The third kappa shape index (κ3) is 4.68. The number of fused-ring (bicyclic) bond motifs is 1. The first-order valence-electron chi connectivity index (χ1n) is 9.81. The van der Waals surface area contributed by atoms with E-state index in [4.69, 9.17) is 9.47 Å². The Labute approximate surface area is 169 Å². The summed E-state index contributed by atoms with van der Waals surface area (Å²) in [5, 5.41) is 10.4. The minimum Gasteiger partial charge on any atom is -0.491 e. The van der Waals surface area contributed by atoms with Gasteiger partial charge in [0, 0.05) is 6.54 Å². The molecule has 1 aromatic heterocycles. The van der Waals surface area contributed by atoms with Gasteiger partial charge < -0.3 is 14.6 Å². The molecule has 0 aliphatic heterocycles. The SMILES string of the molecule is CCCn1c(=O)n(C[C@@H](O)COc2ccc(C(=O)OCC)cc2)c2ccccc21. The van der Waals surface area contributed by atoms with Crippen molar-refractivity contribution in [2.45, 2.75) is 39.5 Å². The van der Waals surface area contributed by atoms with Crippen LogP contribution in [0.3, 0.4) is 0 Å². The number of hydrogen-bond donors (Lipinski definition) is 1. The van der Waals surface area contributed by atoms with Crippen LogP contribution >= 0.6 is 0 Å². The number of aromatic nitrogens is 2. The van der Waals surface area contributed by atoms with Crippen LogP contribution in [-0.2, 0) is 17.8 Å². The van der Waals surface area contributed by atoms with Gasteiger partial charge in [-0.25, -0.2) is 9.59 Å². The second kappa shape index (κ2) is 9.43. The van der Waals surface area contributed by atoms with Crippen LogP contribution in [0.4, 0.5) is 0 Å². The van der Waals surface area contributed by atoms with E-state index in [0.717, 1.165) is 17.5 Å². The Balaban J connectivity index is 1.67. The Kier molecular flexibility index (Phi) is 6.72. The van der Waals surface area contributed by atoms with Gasteiger partial charge in [-0.1, -0.05) is 19.1 Å². The molecule has 3 rings (SSSR count). The first-order valence-corrected chi connectivity index (χ1v) is 9.81. The maximum Gasteiger partial charge on any atom is 0.338 e. The topological polar surface area (TPSA) is 82.7 Å². The van der Waals surface area contributed by atoms with Crippen molar-refractivity contribution in [3.63, 3.8) is 0 Å². The Morgan fingerprint density at radius 2 is 1.69 bits per heavy atom. The lowest BCUT2D eigenvalue weighted by Crippen LogP contribution is -2.31. The Hall–Kier alpha value is -3.06. The van der Waals surface area contributed by atoms with E-state index in [1.54, 1.807) is 40.3 Å². The highest BCUT2D eigenvalue weighted by Crippen LogP contribution is 2.16. The number of aryl methyl sites for hydroxylation is 1. The van der Waals surface area contributed by atoms with Crippen molar-refractivity contribution in [3.8, 4) is 5.75 Å². The summed E-state index contributed by atoms with van der Waals surface area (Å²) in [5.74, 6) is 0.139. The van der Waals surface area contributed by atoms with Crippen LogP contribution in [0.1, 0.15) is 30.6 Å².